The molecule has 1 fully saturated rings. The number of para-hydroxylation sites is 1. The lowest BCUT2D eigenvalue weighted by molar-refractivity contribution is 0.0240. The number of carbonyl (C=O) groups is 1. The second-order valence-electron chi connectivity index (χ2n) is 9.40. The minimum absolute atomic E-state index is 0.278. The molecule has 0 aliphatic carbocycles. The Hall–Kier alpha value is -3.75. The number of nitrogens with one attached hydrogen (secondary N) is 1. The highest BCUT2D eigenvalue weighted by molar-refractivity contribution is 5.94. The van der Waals surface area contributed by atoms with Crippen molar-refractivity contribution < 1.29 is 9.53 Å². The van der Waals surface area contributed by atoms with Crippen LogP contribution in [0.1, 0.15) is 31.9 Å². The number of aromatic nitrogens is 3. The zero-order valence-corrected chi connectivity index (χ0v) is 19.2. The lowest BCUT2D eigenvalue weighted by atomic mass is 10.0. The van der Waals surface area contributed by atoms with Gasteiger partial charge < -0.3 is 25.6 Å². The Morgan fingerprint density at radius 1 is 1.15 bits per heavy atom. The van der Waals surface area contributed by atoms with Crippen molar-refractivity contribution in [3.8, 4) is 0 Å². The van der Waals surface area contributed by atoms with Gasteiger partial charge in [0.05, 0.1) is 6.20 Å². The fourth-order valence-corrected chi connectivity index (χ4v) is 4.19. The number of anilines is 3. The molecule has 9 heteroatoms. The van der Waals surface area contributed by atoms with E-state index in [0.717, 1.165) is 33.9 Å². The first-order valence-corrected chi connectivity index (χ1v) is 11.2. The van der Waals surface area contributed by atoms with E-state index in [1.165, 1.54) is 0 Å². The molecule has 3 aromatic rings. The molecule has 3 N–H and O–H groups in total. The van der Waals surface area contributed by atoms with Crippen LogP contribution in [0.25, 0.3) is 17.3 Å². The molecule has 0 spiro atoms. The summed E-state index contributed by atoms with van der Waals surface area (Å²) in [6, 6.07) is 10.1. The number of nitrogens with two attached hydrogens (primary N) is 1. The zero-order valence-electron chi connectivity index (χ0n) is 19.2. The van der Waals surface area contributed by atoms with Gasteiger partial charge in [-0.3, -0.25) is 0 Å². The van der Waals surface area contributed by atoms with E-state index in [-0.39, 0.29) is 6.09 Å². The summed E-state index contributed by atoms with van der Waals surface area (Å²) in [4.78, 5) is 21.2. The van der Waals surface area contributed by atoms with Gasteiger partial charge in [0.2, 0.25) is 0 Å². The standard InChI is InChI=1S/C24H29N7O2/c1-24(2,3)33-23(32)30-10-8-29(9-11-30)21-13-20(25)31-22(28-21)18(15-27-31)17-12-16-6-4-5-7-19(16)26-14-17/h4-7,12-13,15,26H,8-11,14,25H2,1-3H3. The van der Waals surface area contributed by atoms with Crippen LogP contribution in [0.3, 0.4) is 0 Å². The molecule has 0 bridgehead atoms. The van der Waals surface area contributed by atoms with E-state index in [2.05, 4.69) is 33.5 Å². The first-order chi connectivity index (χ1) is 15.8. The minimum Gasteiger partial charge on any atom is -0.444 e. The summed E-state index contributed by atoms with van der Waals surface area (Å²) in [5.74, 6) is 1.32. The van der Waals surface area contributed by atoms with Crippen LogP contribution in [0.15, 0.2) is 36.5 Å². The average Bonchev–Trinajstić information content (AvgIpc) is 3.22. The molecular weight excluding hydrogens is 418 g/mol. The van der Waals surface area contributed by atoms with Gasteiger partial charge in [-0.15, -0.1) is 0 Å². The second-order valence-corrected chi connectivity index (χ2v) is 9.40. The summed E-state index contributed by atoms with van der Waals surface area (Å²) in [6.07, 6.45) is 3.72. The van der Waals surface area contributed by atoms with Crippen LogP contribution in [-0.4, -0.2) is 63.9 Å². The topological polar surface area (TPSA) is 101 Å². The molecule has 33 heavy (non-hydrogen) atoms. The molecule has 2 aliphatic rings. The minimum atomic E-state index is -0.503. The fraction of sp³-hybridized carbons (Fsp3) is 0.375. The second kappa shape index (κ2) is 7.99. The summed E-state index contributed by atoms with van der Waals surface area (Å²) in [5, 5.41) is 7.94. The number of hydrogen-bond acceptors (Lipinski definition) is 7. The number of piperazine rings is 1. The molecule has 2 aromatic heterocycles. The van der Waals surface area contributed by atoms with E-state index in [0.29, 0.717) is 38.5 Å². The van der Waals surface area contributed by atoms with Crippen LogP contribution < -0.4 is 16.0 Å². The fourth-order valence-electron chi connectivity index (χ4n) is 4.19. The average molecular weight is 448 g/mol. The highest BCUT2D eigenvalue weighted by atomic mass is 16.6. The molecule has 0 saturated carbocycles. The first-order valence-electron chi connectivity index (χ1n) is 11.2. The van der Waals surface area contributed by atoms with Crippen molar-refractivity contribution in [2.75, 3.05) is 48.7 Å². The molecule has 172 valence electrons. The zero-order chi connectivity index (χ0) is 23.2. The van der Waals surface area contributed by atoms with E-state index in [9.17, 15) is 4.79 Å². The molecule has 0 radical (unpaired) electrons. The molecule has 1 saturated heterocycles. The number of benzene rings is 1. The lowest BCUT2D eigenvalue weighted by Gasteiger charge is -2.36. The predicted octanol–water partition coefficient (Wildman–Crippen LogP) is 3.33. The number of ether oxygens (including phenoxy) is 1. The van der Waals surface area contributed by atoms with Crippen molar-refractivity contribution in [1.29, 1.82) is 0 Å². The van der Waals surface area contributed by atoms with Crippen LogP contribution in [-0.2, 0) is 4.74 Å². The van der Waals surface area contributed by atoms with Gasteiger partial charge in [-0.05, 0) is 44.1 Å². The number of fused-ring (bicyclic) bond motifs is 2. The van der Waals surface area contributed by atoms with Gasteiger partial charge in [-0.25, -0.2) is 9.78 Å². The van der Waals surface area contributed by atoms with Gasteiger partial charge in [-0.2, -0.15) is 9.61 Å². The van der Waals surface area contributed by atoms with Crippen LogP contribution in [0.5, 0.6) is 0 Å². The molecule has 9 nitrogen and oxygen atoms in total. The van der Waals surface area contributed by atoms with Gasteiger partial charge >= 0.3 is 6.09 Å². The molecule has 1 amide bonds. The Kier molecular flexibility index (Phi) is 5.11. The van der Waals surface area contributed by atoms with Crippen molar-refractivity contribution in [1.82, 2.24) is 19.5 Å². The molecular formula is C24H29N7O2. The van der Waals surface area contributed by atoms with Gasteiger partial charge in [0.25, 0.3) is 0 Å². The van der Waals surface area contributed by atoms with Crippen molar-refractivity contribution in [3.63, 3.8) is 0 Å². The van der Waals surface area contributed by atoms with Gasteiger partial charge in [0.1, 0.15) is 17.2 Å². The van der Waals surface area contributed by atoms with Crippen LogP contribution in [0.2, 0.25) is 0 Å². The third-order valence-corrected chi connectivity index (χ3v) is 5.85. The highest BCUT2D eigenvalue weighted by Crippen LogP contribution is 2.31. The molecule has 4 heterocycles. The summed E-state index contributed by atoms with van der Waals surface area (Å²) in [6.45, 7) is 8.77. The SMILES string of the molecule is CC(C)(C)OC(=O)N1CCN(c2cc(N)n3ncc(C4=Cc5ccccc5NC4)c3n2)CC1. The van der Waals surface area contributed by atoms with Gasteiger partial charge in [0.15, 0.2) is 5.65 Å². The third kappa shape index (κ3) is 4.18. The number of nitrogens with zero attached hydrogens (tertiary/aromatic N) is 5. The number of rotatable bonds is 2. The van der Waals surface area contributed by atoms with Crippen LogP contribution in [0, 0.1) is 0 Å². The van der Waals surface area contributed by atoms with Crippen LogP contribution >= 0.6 is 0 Å². The highest BCUT2D eigenvalue weighted by Gasteiger charge is 2.27. The summed E-state index contributed by atoms with van der Waals surface area (Å²) in [5.41, 5.74) is 10.9. The van der Waals surface area contributed by atoms with E-state index in [4.69, 9.17) is 15.5 Å². The molecule has 0 atom stereocenters. The normalized spacial score (nSPS) is 16.3. The quantitative estimate of drug-likeness (QED) is 0.621. The monoisotopic (exact) mass is 447 g/mol. The van der Waals surface area contributed by atoms with Crippen LogP contribution in [0.4, 0.5) is 22.1 Å². The maximum atomic E-state index is 12.4. The Labute approximate surface area is 192 Å². The molecule has 5 rings (SSSR count). The third-order valence-electron chi connectivity index (χ3n) is 5.85. The molecule has 1 aromatic carbocycles. The number of nitrogen functional groups attached to an aromatic ring is 1. The van der Waals surface area contributed by atoms with E-state index in [1.54, 1.807) is 9.42 Å². The Balaban J connectivity index is 1.39. The first kappa shape index (κ1) is 21.1. The maximum absolute atomic E-state index is 12.4. The summed E-state index contributed by atoms with van der Waals surface area (Å²) < 4.78 is 7.18. The Morgan fingerprint density at radius 2 is 1.91 bits per heavy atom. The number of hydrogen-bond donors (Lipinski definition) is 2. The number of amides is 1. The number of carbonyl (C=O) groups excluding carboxylic acids is 1. The van der Waals surface area contributed by atoms with E-state index < -0.39 is 5.60 Å². The Morgan fingerprint density at radius 3 is 2.67 bits per heavy atom. The smallest absolute Gasteiger partial charge is 0.410 e. The van der Waals surface area contributed by atoms with Crippen molar-refractivity contribution in [3.05, 3.63) is 47.7 Å². The lowest BCUT2D eigenvalue weighted by Crippen LogP contribution is -2.50. The van der Waals surface area contributed by atoms with Crippen molar-refractivity contribution in [2.45, 2.75) is 26.4 Å². The van der Waals surface area contributed by atoms with Crippen molar-refractivity contribution in [2.24, 2.45) is 0 Å². The van der Waals surface area contributed by atoms with Crippen molar-refractivity contribution >= 4 is 40.7 Å². The predicted molar refractivity (Wildman–Crippen MR) is 130 cm³/mol. The molecule has 0 unspecified atom stereocenters. The molecule has 2 aliphatic heterocycles. The van der Waals surface area contributed by atoms with E-state index in [1.807, 2.05) is 45.2 Å². The van der Waals surface area contributed by atoms with Gasteiger partial charge in [-0.1, -0.05) is 18.2 Å². The summed E-state index contributed by atoms with van der Waals surface area (Å²) >= 11 is 0. The maximum Gasteiger partial charge on any atom is 0.410 e. The Bertz CT molecular complexity index is 1230. The van der Waals surface area contributed by atoms with Gasteiger partial charge in [0, 0.05) is 50.0 Å². The largest absolute Gasteiger partial charge is 0.444 e. The summed E-state index contributed by atoms with van der Waals surface area (Å²) in [7, 11) is 0. The van der Waals surface area contributed by atoms with E-state index >= 15 is 0 Å².